The van der Waals surface area contributed by atoms with Gasteiger partial charge < -0.3 is 10.1 Å². The van der Waals surface area contributed by atoms with Gasteiger partial charge in [-0.25, -0.2) is 4.79 Å². The molecule has 0 heterocycles. The van der Waals surface area contributed by atoms with Gasteiger partial charge in [-0.1, -0.05) is 17.7 Å². The highest BCUT2D eigenvalue weighted by atomic mass is 32.2. The first kappa shape index (κ1) is 21.4. The molecule has 8 heteroatoms. The van der Waals surface area contributed by atoms with E-state index in [1.807, 2.05) is 19.2 Å². The largest absolute Gasteiger partial charge is 0.459 e. The van der Waals surface area contributed by atoms with Gasteiger partial charge in [-0.3, -0.25) is 14.9 Å². The third kappa shape index (κ3) is 6.38. The van der Waals surface area contributed by atoms with Crippen molar-refractivity contribution in [1.29, 1.82) is 0 Å². The Hall–Kier alpha value is -2.87. The van der Waals surface area contributed by atoms with E-state index in [1.54, 1.807) is 30.0 Å². The van der Waals surface area contributed by atoms with Crippen molar-refractivity contribution in [3.8, 4) is 0 Å². The van der Waals surface area contributed by atoms with Gasteiger partial charge >= 0.3 is 5.97 Å². The molecule has 148 valence electrons. The molecular formula is C20H22N2O5S. The highest BCUT2D eigenvalue weighted by Gasteiger charge is 2.23. The predicted octanol–water partition coefficient (Wildman–Crippen LogP) is 3.50. The van der Waals surface area contributed by atoms with Gasteiger partial charge in [0.05, 0.1) is 4.92 Å². The first-order valence-corrected chi connectivity index (χ1v) is 10.1. The first-order valence-electron chi connectivity index (χ1n) is 8.67. The summed E-state index contributed by atoms with van der Waals surface area (Å²) in [4.78, 5) is 35.1. The molecule has 0 saturated carbocycles. The summed E-state index contributed by atoms with van der Waals surface area (Å²) < 4.78 is 5.32. The molecule has 28 heavy (non-hydrogen) atoms. The van der Waals surface area contributed by atoms with Crippen molar-refractivity contribution in [1.82, 2.24) is 5.32 Å². The number of hydrogen-bond acceptors (Lipinski definition) is 6. The van der Waals surface area contributed by atoms with E-state index in [9.17, 15) is 19.7 Å². The van der Waals surface area contributed by atoms with Crippen LogP contribution in [0.2, 0.25) is 0 Å². The van der Waals surface area contributed by atoms with Crippen LogP contribution in [0, 0.1) is 17.0 Å². The monoisotopic (exact) mass is 402 g/mol. The van der Waals surface area contributed by atoms with E-state index in [1.165, 1.54) is 24.3 Å². The van der Waals surface area contributed by atoms with Gasteiger partial charge in [-0.15, -0.1) is 0 Å². The van der Waals surface area contributed by atoms with Crippen molar-refractivity contribution < 1.29 is 19.2 Å². The molecule has 1 amide bonds. The number of thioether (sulfide) groups is 1. The third-order valence-corrected chi connectivity index (χ3v) is 4.65. The number of aryl methyl sites for hydroxylation is 1. The predicted molar refractivity (Wildman–Crippen MR) is 108 cm³/mol. The van der Waals surface area contributed by atoms with Crippen LogP contribution >= 0.6 is 11.8 Å². The van der Waals surface area contributed by atoms with Gasteiger partial charge in [-0.05, 0) is 55.2 Å². The number of esters is 1. The molecule has 0 aliphatic carbocycles. The second-order valence-electron chi connectivity index (χ2n) is 6.21. The van der Waals surface area contributed by atoms with Gasteiger partial charge in [-0.2, -0.15) is 11.8 Å². The van der Waals surface area contributed by atoms with Crippen LogP contribution in [-0.2, 0) is 16.1 Å². The molecule has 0 aliphatic heterocycles. The van der Waals surface area contributed by atoms with E-state index in [0.29, 0.717) is 23.3 Å². The molecule has 0 fully saturated rings. The first-order chi connectivity index (χ1) is 13.4. The average Bonchev–Trinajstić information content (AvgIpc) is 2.69. The zero-order valence-corrected chi connectivity index (χ0v) is 16.5. The number of non-ortho nitro benzene ring substituents is 1. The molecule has 2 aromatic rings. The minimum Gasteiger partial charge on any atom is -0.459 e. The lowest BCUT2D eigenvalue weighted by Gasteiger charge is -2.17. The van der Waals surface area contributed by atoms with Gasteiger partial charge in [0.1, 0.15) is 12.6 Å². The smallest absolute Gasteiger partial charge is 0.329 e. The number of benzene rings is 2. The summed E-state index contributed by atoms with van der Waals surface area (Å²) in [5, 5.41) is 13.4. The van der Waals surface area contributed by atoms with E-state index in [0.717, 1.165) is 5.56 Å². The Bertz CT molecular complexity index is 839. The number of nitrogens with zero attached hydrogens (tertiary/aromatic N) is 1. The Kier molecular flexibility index (Phi) is 8.01. The van der Waals surface area contributed by atoms with Crippen molar-refractivity contribution in [3.63, 3.8) is 0 Å². The van der Waals surface area contributed by atoms with E-state index < -0.39 is 16.9 Å². The quantitative estimate of drug-likeness (QED) is 0.392. The van der Waals surface area contributed by atoms with E-state index in [4.69, 9.17) is 4.74 Å². The Morgan fingerprint density at radius 2 is 1.93 bits per heavy atom. The van der Waals surface area contributed by atoms with Crippen molar-refractivity contribution in [2.75, 3.05) is 12.0 Å². The number of carbonyl (C=O) groups is 2. The molecule has 0 saturated heterocycles. The summed E-state index contributed by atoms with van der Waals surface area (Å²) in [5.41, 5.74) is 2.04. The maximum Gasteiger partial charge on any atom is 0.329 e. The average molecular weight is 402 g/mol. The number of nitro groups is 1. The summed E-state index contributed by atoms with van der Waals surface area (Å²) in [6, 6.07) is 12.1. The fourth-order valence-corrected chi connectivity index (χ4v) is 2.95. The van der Waals surface area contributed by atoms with E-state index in [-0.39, 0.29) is 18.2 Å². The van der Waals surface area contributed by atoms with Gasteiger partial charge in [0.15, 0.2) is 0 Å². The third-order valence-electron chi connectivity index (χ3n) is 4.01. The maximum absolute atomic E-state index is 12.5. The SMILES string of the molecule is CSCC[C@H](NC(=O)c1cccc(C)c1)C(=O)OCc1ccc([N+](=O)[O-])cc1. The highest BCUT2D eigenvalue weighted by Crippen LogP contribution is 2.13. The molecule has 0 aromatic heterocycles. The molecule has 0 aliphatic rings. The Morgan fingerprint density at radius 3 is 2.54 bits per heavy atom. The summed E-state index contributed by atoms with van der Waals surface area (Å²) in [7, 11) is 0. The minimum absolute atomic E-state index is 0.0209. The van der Waals surface area contributed by atoms with Crippen molar-refractivity contribution in [2.45, 2.75) is 26.0 Å². The number of ether oxygens (including phenoxy) is 1. The summed E-state index contributed by atoms with van der Waals surface area (Å²) in [5.74, 6) is -0.179. The Labute approximate surface area is 167 Å². The van der Waals surface area contributed by atoms with Gasteiger partial charge in [0.25, 0.3) is 11.6 Å². The number of amides is 1. The van der Waals surface area contributed by atoms with Crippen molar-refractivity contribution >= 4 is 29.3 Å². The molecular weight excluding hydrogens is 380 g/mol. The Morgan fingerprint density at radius 1 is 1.21 bits per heavy atom. The maximum atomic E-state index is 12.5. The second-order valence-corrected chi connectivity index (χ2v) is 7.19. The van der Waals surface area contributed by atoms with Crippen LogP contribution in [0.15, 0.2) is 48.5 Å². The molecule has 2 rings (SSSR count). The molecule has 1 atom stereocenters. The van der Waals surface area contributed by atoms with E-state index >= 15 is 0 Å². The van der Waals surface area contributed by atoms with Crippen molar-refractivity contribution in [3.05, 3.63) is 75.3 Å². The lowest BCUT2D eigenvalue weighted by Crippen LogP contribution is -2.42. The van der Waals surface area contributed by atoms with E-state index in [2.05, 4.69) is 5.32 Å². The standard InChI is InChI=1S/C20H22N2O5S/c1-14-4-3-5-16(12-14)19(23)21-18(10-11-28-2)20(24)27-13-15-6-8-17(9-7-15)22(25)26/h3-9,12,18H,10-11,13H2,1-2H3,(H,21,23)/t18-/m0/s1. The van der Waals surface area contributed by atoms with Crippen LogP contribution in [0.4, 0.5) is 5.69 Å². The summed E-state index contributed by atoms with van der Waals surface area (Å²) in [6.45, 7) is 1.87. The zero-order chi connectivity index (χ0) is 20.5. The molecule has 1 N–H and O–H groups in total. The fraction of sp³-hybridized carbons (Fsp3) is 0.300. The number of hydrogen-bond donors (Lipinski definition) is 1. The van der Waals surface area contributed by atoms with Gasteiger partial charge in [0.2, 0.25) is 0 Å². The number of nitro benzene ring substituents is 1. The topological polar surface area (TPSA) is 98.5 Å². The van der Waals surface area contributed by atoms with Crippen LogP contribution in [0.1, 0.15) is 27.9 Å². The number of carbonyl (C=O) groups excluding carboxylic acids is 2. The summed E-state index contributed by atoms with van der Waals surface area (Å²) in [6.07, 6.45) is 2.36. The molecule has 0 unspecified atom stereocenters. The lowest BCUT2D eigenvalue weighted by atomic mass is 10.1. The number of rotatable bonds is 9. The van der Waals surface area contributed by atoms with Gasteiger partial charge in [0, 0.05) is 17.7 Å². The Balaban J connectivity index is 1.99. The second kappa shape index (κ2) is 10.5. The van der Waals surface area contributed by atoms with Crippen LogP contribution in [0.25, 0.3) is 0 Å². The van der Waals surface area contributed by atoms with Crippen LogP contribution in [-0.4, -0.2) is 34.9 Å². The molecule has 0 radical (unpaired) electrons. The minimum atomic E-state index is -0.765. The number of nitrogens with one attached hydrogen (secondary N) is 1. The fourth-order valence-electron chi connectivity index (χ4n) is 2.48. The highest BCUT2D eigenvalue weighted by molar-refractivity contribution is 7.98. The van der Waals surface area contributed by atoms with Crippen molar-refractivity contribution in [2.24, 2.45) is 0 Å². The summed E-state index contributed by atoms with van der Waals surface area (Å²) >= 11 is 1.57. The molecule has 0 spiro atoms. The lowest BCUT2D eigenvalue weighted by molar-refractivity contribution is -0.384. The van der Waals surface area contributed by atoms with Crippen LogP contribution in [0.3, 0.4) is 0 Å². The van der Waals surface area contributed by atoms with Crippen LogP contribution in [0.5, 0.6) is 0 Å². The normalized spacial score (nSPS) is 11.5. The zero-order valence-electron chi connectivity index (χ0n) is 15.7. The molecule has 0 bridgehead atoms. The van der Waals surface area contributed by atoms with Crippen LogP contribution < -0.4 is 5.32 Å². The molecule has 2 aromatic carbocycles. The molecule has 7 nitrogen and oxygen atoms in total.